The van der Waals surface area contributed by atoms with Gasteiger partial charge in [-0.15, -0.1) is 0 Å². The van der Waals surface area contributed by atoms with Gasteiger partial charge in [0.15, 0.2) is 0 Å². The van der Waals surface area contributed by atoms with Gasteiger partial charge in [-0.3, -0.25) is 9.69 Å². The van der Waals surface area contributed by atoms with Crippen LogP contribution in [0.15, 0.2) is 29.2 Å². The van der Waals surface area contributed by atoms with Crippen LogP contribution < -0.4 is 10.0 Å². The first-order chi connectivity index (χ1) is 12.5. The maximum absolute atomic E-state index is 12.4. The summed E-state index contributed by atoms with van der Waals surface area (Å²) in [5.74, 6) is 0.387. The number of hydrogen-bond donors (Lipinski definition) is 2. The third kappa shape index (κ3) is 4.82. The molecule has 3 rings (SSSR count). The Labute approximate surface area is 155 Å². The smallest absolute Gasteiger partial charge is 0.240 e. The minimum Gasteiger partial charge on any atom is -0.340 e. The van der Waals surface area contributed by atoms with Crippen LogP contribution >= 0.6 is 0 Å². The summed E-state index contributed by atoms with van der Waals surface area (Å²) in [5, 5.41) is 3.24. The molecule has 0 bridgehead atoms. The van der Waals surface area contributed by atoms with E-state index < -0.39 is 10.0 Å². The number of nitrogens with zero attached hydrogens (tertiary/aromatic N) is 2. The number of amides is 1. The lowest BCUT2D eigenvalue weighted by molar-refractivity contribution is -0.136. The first-order valence-corrected chi connectivity index (χ1v) is 10.7. The molecule has 0 aromatic heterocycles. The number of rotatable bonds is 6. The van der Waals surface area contributed by atoms with Gasteiger partial charge >= 0.3 is 0 Å². The number of carbonyl (C=O) groups excluding carboxylic acids is 1. The fourth-order valence-corrected chi connectivity index (χ4v) is 4.48. The van der Waals surface area contributed by atoms with Gasteiger partial charge in [0.25, 0.3) is 0 Å². The molecule has 8 heteroatoms. The van der Waals surface area contributed by atoms with E-state index in [9.17, 15) is 13.2 Å². The number of hydrogen-bond acceptors (Lipinski definition) is 5. The zero-order chi connectivity index (χ0) is 18.6. The monoisotopic (exact) mass is 380 g/mol. The molecule has 0 spiro atoms. The molecular weight excluding hydrogens is 352 g/mol. The summed E-state index contributed by atoms with van der Waals surface area (Å²) < 4.78 is 27.2. The highest BCUT2D eigenvalue weighted by atomic mass is 32.2. The molecule has 2 aliphatic rings. The molecule has 0 saturated carbocycles. The highest BCUT2D eigenvalue weighted by Gasteiger charge is 2.29. The average Bonchev–Trinajstić information content (AvgIpc) is 3.17. The van der Waals surface area contributed by atoms with Crippen molar-refractivity contribution in [2.75, 3.05) is 52.4 Å². The highest BCUT2D eigenvalue weighted by Crippen LogP contribution is 2.14. The average molecular weight is 381 g/mol. The Morgan fingerprint density at radius 2 is 1.88 bits per heavy atom. The fourth-order valence-electron chi connectivity index (χ4n) is 3.45. The van der Waals surface area contributed by atoms with Gasteiger partial charge in [0.1, 0.15) is 0 Å². The maximum Gasteiger partial charge on any atom is 0.240 e. The van der Waals surface area contributed by atoms with Gasteiger partial charge in [0.05, 0.1) is 10.8 Å². The number of sulfonamides is 1. The molecule has 2 saturated heterocycles. The molecule has 1 atom stereocenters. The van der Waals surface area contributed by atoms with Gasteiger partial charge < -0.3 is 10.2 Å². The number of aryl methyl sites for hydroxylation is 1. The van der Waals surface area contributed by atoms with Crippen LogP contribution in [0.1, 0.15) is 12.0 Å². The second-order valence-corrected chi connectivity index (χ2v) is 8.83. The standard InChI is InChI=1S/C18H28N4O3S/c1-15-2-4-17(5-3-15)26(24,25)20-8-9-21-10-12-22(13-11-21)18(23)16-6-7-19-14-16/h2-5,16,19-20H,6-14H2,1H3. The highest BCUT2D eigenvalue weighted by molar-refractivity contribution is 7.89. The van der Waals surface area contributed by atoms with E-state index in [0.29, 0.717) is 18.0 Å². The van der Waals surface area contributed by atoms with E-state index >= 15 is 0 Å². The number of benzene rings is 1. The van der Waals surface area contributed by atoms with E-state index in [0.717, 1.165) is 51.3 Å². The van der Waals surface area contributed by atoms with Crippen molar-refractivity contribution in [1.82, 2.24) is 19.8 Å². The second kappa shape index (κ2) is 8.47. The lowest BCUT2D eigenvalue weighted by Crippen LogP contribution is -2.51. The van der Waals surface area contributed by atoms with Crippen LogP contribution in [-0.2, 0) is 14.8 Å². The Hall–Kier alpha value is -1.48. The lowest BCUT2D eigenvalue weighted by Gasteiger charge is -2.35. The van der Waals surface area contributed by atoms with Gasteiger partial charge in [-0.2, -0.15) is 0 Å². The molecule has 0 aliphatic carbocycles. The summed E-state index contributed by atoms with van der Waals surface area (Å²) in [7, 11) is -3.46. The van der Waals surface area contributed by atoms with Crippen molar-refractivity contribution in [2.45, 2.75) is 18.2 Å². The number of carbonyl (C=O) groups is 1. The van der Waals surface area contributed by atoms with Crippen LogP contribution in [0.4, 0.5) is 0 Å². The molecule has 2 fully saturated rings. The Kier molecular flexibility index (Phi) is 6.29. The van der Waals surface area contributed by atoms with Crippen molar-refractivity contribution in [3.63, 3.8) is 0 Å². The SMILES string of the molecule is Cc1ccc(S(=O)(=O)NCCN2CCN(C(=O)C3CCNC3)CC2)cc1. The van der Waals surface area contributed by atoms with E-state index in [4.69, 9.17) is 0 Å². The van der Waals surface area contributed by atoms with Crippen LogP contribution in [0.3, 0.4) is 0 Å². The van der Waals surface area contributed by atoms with Gasteiger partial charge in [-0.25, -0.2) is 13.1 Å². The van der Waals surface area contributed by atoms with Crippen LogP contribution in [0.2, 0.25) is 0 Å². The van der Waals surface area contributed by atoms with E-state index in [2.05, 4.69) is 14.9 Å². The normalized spacial score (nSPS) is 21.9. The molecule has 2 heterocycles. The molecular formula is C18H28N4O3S. The van der Waals surface area contributed by atoms with Gasteiger partial charge in [0.2, 0.25) is 15.9 Å². The Bertz CT molecular complexity index is 706. The minimum absolute atomic E-state index is 0.128. The molecule has 1 aromatic rings. The van der Waals surface area contributed by atoms with Crippen LogP contribution in [0.5, 0.6) is 0 Å². The van der Waals surface area contributed by atoms with Crippen LogP contribution in [0.25, 0.3) is 0 Å². The summed E-state index contributed by atoms with van der Waals surface area (Å²) in [6, 6.07) is 6.84. The predicted octanol–water partition coefficient (Wildman–Crippen LogP) is 0.0270. The third-order valence-corrected chi connectivity index (χ3v) is 6.62. The van der Waals surface area contributed by atoms with Crippen molar-refractivity contribution in [3.8, 4) is 0 Å². The Balaban J connectivity index is 1.41. The van der Waals surface area contributed by atoms with Crippen LogP contribution in [-0.4, -0.2) is 76.5 Å². The number of piperazine rings is 1. The fraction of sp³-hybridized carbons (Fsp3) is 0.611. The van der Waals surface area contributed by atoms with Crippen molar-refractivity contribution < 1.29 is 13.2 Å². The summed E-state index contributed by atoms with van der Waals surface area (Å²) in [5.41, 5.74) is 1.03. The summed E-state index contributed by atoms with van der Waals surface area (Å²) in [4.78, 5) is 16.9. The van der Waals surface area contributed by atoms with Gasteiger partial charge in [-0.05, 0) is 32.0 Å². The molecule has 144 valence electrons. The summed E-state index contributed by atoms with van der Waals surface area (Å²) in [6.45, 7) is 7.69. The van der Waals surface area contributed by atoms with E-state index in [1.807, 2.05) is 11.8 Å². The van der Waals surface area contributed by atoms with Crippen molar-refractivity contribution >= 4 is 15.9 Å². The zero-order valence-electron chi connectivity index (χ0n) is 15.3. The Morgan fingerprint density at radius 3 is 2.50 bits per heavy atom. The van der Waals surface area contributed by atoms with Gasteiger partial charge in [-0.1, -0.05) is 17.7 Å². The quantitative estimate of drug-likeness (QED) is 0.728. The zero-order valence-corrected chi connectivity index (χ0v) is 16.1. The molecule has 1 aromatic carbocycles. The summed E-state index contributed by atoms with van der Waals surface area (Å²) >= 11 is 0. The largest absolute Gasteiger partial charge is 0.340 e. The minimum atomic E-state index is -3.46. The molecule has 0 radical (unpaired) electrons. The maximum atomic E-state index is 12.4. The molecule has 2 N–H and O–H groups in total. The Morgan fingerprint density at radius 1 is 1.19 bits per heavy atom. The van der Waals surface area contributed by atoms with E-state index in [1.165, 1.54) is 0 Å². The third-order valence-electron chi connectivity index (χ3n) is 5.14. The molecule has 7 nitrogen and oxygen atoms in total. The molecule has 1 unspecified atom stereocenters. The second-order valence-electron chi connectivity index (χ2n) is 7.07. The van der Waals surface area contributed by atoms with Crippen molar-refractivity contribution in [1.29, 1.82) is 0 Å². The van der Waals surface area contributed by atoms with E-state index in [-0.39, 0.29) is 11.8 Å². The lowest BCUT2D eigenvalue weighted by atomic mass is 10.1. The summed E-state index contributed by atoms with van der Waals surface area (Å²) in [6.07, 6.45) is 0.930. The predicted molar refractivity (Wildman–Crippen MR) is 100 cm³/mol. The van der Waals surface area contributed by atoms with Crippen molar-refractivity contribution in [3.05, 3.63) is 29.8 Å². The topological polar surface area (TPSA) is 81.8 Å². The first kappa shape index (κ1) is 19.3. The molecule has 26 heavy (non-hydrogen) atoms. The van der Waals surface area contributed by atoms with Crippen molar-refractivity contribution in [2.24, 2.45) is 5.92 Å². The van der Waals surface area contributed by atoms with E-state index in [1.54, 1.807) is 24.3 Å². The van der Waals surface area contributed by atoms with Crippen LogP contribution in [0, 0.1) is 12.8 Å². The number of nitrogens with one attached hydrogen (secondary N) is 2. The molecule has 2 aliphatic heterocycles. The molecule has 1 amide bonds. The van der Waals surface area contributed by atoms with Gasteiger partial charge in [0, 0.05) is 45.8 Å². The first-order valence-electron chi connectivity index (χ1n) is 9.24.